The number of fused-ring (bicyclic) bond motifs is 1. The fraction of sp³-hybridized carbons (Fsp3) is 0.588. The first-order valence-electron chi connectivity index (χ1n) is 7.77. The second-order valence-electron chi connectivity index (χ2n) is 6.21. The van der Waals surface area contributed by atoms with Crippen molar-refractivity contribution < 1.29 is 9.90 Å². The molecule has 20 heavy (non-hydrogen) atoms. The molecule has 0 bridgehead atoms. The van der Waals surface area contributed by atoms with Crippen molar-refractivity contribution in [3.05, 3.63) is 34.9 Å². The van der Waals surface area contributed by atoms with Gasteiger partial charge >= 0.3 is 5.97 Å². The van der Waals surface area contributed by atoms with Crippen molar-refractivity contribution in [3.63, 3.8) is 0 Å². The van der Waals surface area contributed by atoms with E-state index in [4.69, 9.17) is 0 Å². The molecule has 2 aliphatic rings. The summed E-state index contributed by atoms with van der Waals surface area (Å²) in [6.45, 7) is 4.23. The molecule has 0 saturated heterocycles. The van der Waals surface area contributed by atoms with Crippen LogP contribution in [-0.4, -0.2) is 28.6 Å². The molecule has 0 aromatic heterocycles. The maximum Gasteiger partial charge on any atom is 0.335 e. The predicted octanol–water partition coefficient (Wildman–Crippen LogP) is 3.32. The number of nitrogens with zero attached hydrogens (tertiary/aromatic N) is 1. The lowest BCUT2D eigenvalue weighted by Gasteiger charge is -2.34. The Labute approximate surface area is 120 Å². The summed E-state index contributed by atoms with van der Waals surface area (Å²) in [5, 5.41) is 9.27. The first-order valence-corrected chi connectivity index (χ1v) is 7.77. The Morgan fingerprint density at radius 3 is 2.95 bits per heavy atom. The molecule has 2 unspecified atom stereocenters. The minimum Gasteiger partial charge on any atom is -0.478 e. The zero-order chi connectivity index (χ0) is 14.1. The van der Waals surface area contributed by atoms with E-state index < -0.39 is 5.97 Å². The van der Waals surface area contributed by atoms with Gasteiger partial charge in [-0.3, -0.25) is 4.90 Å². The Kier molecular flexibility index (Phi) is 3.79. The van der Waals surface area contributed by atoms with Gasteiger partial charge in [-0.05, 0) is 48.8 Å². The van der Waals surface area contributed by atoms with Gasteiger partial charge < -0.3 is 5.11 Å². The van der Waals surface area contributed by atoms with Crippen LogP contribution < -0.4 is 0 Å². The Morgan fingerprint density at radius 2 is 2.25 bits per heavy atom. The summed E-state index contributed by atoms with van der Waals surface area (Å²) in [6.07, 6.45) is 6.17. The van der Waals surface area contributed by atoms with Crippen LogP contribution in [0, 0.1) is 5.92 Å². The van der Waals surface area contributed by atoms with E-state index in [9.17, 15) is 9.90 Å². The van der Waals surface area contributed by atoms with Gasteiger partial charge in [-0.25, -0.2) is 4.79 Å². The molecule has 0 radical (unpaired) electrons. The molecular weight excluding hydrogens is 250 g/mol. The summed E-state index contributed by atoms with van der Waals surface area (Å²) in [7, 11) is 0. The number of hydrogen-bond acceptors (Lipinski definition) is 2. The Hall–Kier alpha value is -1.35. The molecule has 2 atom stereocenters. The molecular formula is C17H23NO2. The van der Waals surface area contributed by atoms with Crippen LogP contribution in [0.4, 0.5) is 0 Å². The van der Waals surface area contributed by atoms with Crippen LogP contribution in [0.3, 0.4) is 0 Å². The summed E-state index contributed by atoms with van der Waals surface area (Å²) in [5.74, 6) is 0.106. The second kappa shape index (κ2) is 5.57. The van der Waals surface area contributed by atoms with Crippen molar-refractivity contribution in [1.82, 2.24) is 4.90 Å². The molecule has 1 aromatic rings. The van der Waals surface area contributed by atoms with Crippen LogP contribution >= 0.6 is 0 Å². The van der Waals surface area contributed by atoms with E-state index in [2.05, 4.69) is 17.9 Å². The third kappa shape index (κ3) is 2.47. The van der Waals surface area contributed by atoms with Gasteiger partial charge in [0.05, 0.1) is 5.56 Å². The van der Waals surface area contributed by atoms with Crippen LogP contribution in [0.2, 0.25) is 0 Å². The minimum atomic E-state index is -0.790. The predicted molar refractivity (Wildman–Crippen MR) is 78.9 cm³/mol. The molecule has 0 amide bonds. The number of carboxylic acids is 1. The van der Waals surface area contributed by atoms with Crippen molar-refractivity contribution in [3.8, 4) is 0 Å². The summed E-state index contributed by atoms with van der Waals surface area (Å²) in [5.41, 5.74) is 2.78. The van der Waals surface area contributed by atoms with Crippen LogP contribution in [-0.2, 0) is 13.0 Å². The molecule has 1 heterocycles. The number of rotatable bonds is 3. The average molecular weight is 273 g/mol. The van der Waals surface area contributed by atoms with Crippen LogP contribution in [0.1, 0.15) is 54.1 Å². The van der Waals surface area contributed by atoms with Crippen LogP contribution in [0.5, 0.6) is 0 Å². The highest BCUT2D eigenvalue weighted by Gasteiger charge is 2.31. The Bertz CT molecular complexity index is 512. The van der Waals surface area contributed by atoms with E-state index in [-0.39, 0.29) is 0 Å². The molecule has 108 valence electrons. The smallest absolute Gasteiger partial charge is 0.335 e. The highest BCUT2D eigenvalue weighted by molar-refractivity contribution is 5.89. The first kappa shape index (κ1) is 13.6. The molecule has 1 aromatic carbocycles. The van der Waals surface area contributed by atoms with E-state index in [1.54, 1.807) is 6.07 Å². The van der Waals surface area contributed by atoms with Crippen LogP contribution in [0.25, 0.3) is 0 Å². The normalized spacial score (nSPS) is 26.4. The molecule has 1 saturated carbocycles. The molecule has 1 aliphatic carbocycles. The SMILES string of the molecule is CCC1CCC(N2CCc3c(cccc3C(=O)O)C2)C1. The standard InChI is InChI=1S/C17H23NO2/c1-2-12-6-7-14(10-12)18-9-8-15-13(11-18)4-3-5-16(15)17(19)20/h3-5,12,14H,2,6-11H2,1H3,(H,19,20). The van der Waals surface area contributed by atoms with Gasteiger partial charge in [-0.2, -0.15) is 0 Å². The maximum atomic E-state index is 11.3. The quantitative estimate of drug-likeness (QED) is 0.918. The molecule has 3 rings (SSSR count). The van der Waals surface area contributed by atoms with Crippen molar-refractivity contribution in [2.24, 2.45) is 5.92 Å². The lowest BCUT2D eigenvalue weighted by atomic mass is 9.93. The summed E-state index contributed by atoms with van der Waals surface area (Å²) in [6, 6.07) is 6.43. The molecule has 3 nitrogen and oxygen atoms in total. The number of hydrogen-bond donors (Lipinski definition) is 1. The second-order valence-corrected chi connectivity index (χ2v) is 6.21. The highest BCUT2D eigenvalue weighted by Crippen LogP contribution is 2.34. The lowest BCUT2D eigenvalue weighted by molar-refractivity contribution is 0.0694. The number of carbonyl (C=O) groups is 1. The molecule has 1 fully saturated rings. The number of carboxylic acid groups (broad SMARTS) is 1. The van der Waals surface area contributed by atoms with Gasteiger partial charge in [0, 0.05) is 19.1 Å². The van der Waals surface area contributed by atoms with Crippen molar-refractivity contribution in [2.45, 2.75) is 51.6 Å². The summed E-state index contributed by atoms with van der Waals surface area (Å²) < 4.78 is 0. The third-order valence-corrected chi connectivity index (χ3v) is 5.13. The number of benzene rings is 1. The van der Waals surface area contributed by atoms with Gasteiger partial charge in [-0.1, -0.05) is 25.5 Å². The Balaban J connectivity index is 1.76. The fourth-order valence-corrected chi connectivity index (χ4v) is 3.89. The molecule has 0 spiro atoms. The van der Waals surface area contributed by atoms with E-state index in [1.165, 1.54) is 31.2 Å². The molecule has 1 aliphatic heterocycles. The largest absolute Gasteiger partial charge is 0.478 e. The van der Waals surface area contributed by atoms with E-state index in [1.807, 2.05) is 6.07 Å². The first-order chi connectivity index (χ1) is 9.69. The van der Waals surface area contributed by atoms with Gasteiger partial charge in [0.1, 0.15) is 0 Å². The average Bonchev–Trinajstić information content (AvgIpc) is 2.94. The topological polar surface area (TPSA) is 40.5 Å². The van der Waals surface area contributed by atoms with Crippen molar-refractivity contribution >= 4 is 5.97 Å². The zero-order valence-electron chi connectivity index (χ0n) is 12.1. The van der Waals surface area contributed by atoms with E-state index in [0.717, 1.165) is 31.0 Å². The highest BCUT2D eigenvalue weighted by atomic mass is 16.4. The van der Waals surface area contributed by atoms with Gasteiger partial charge in [0.25, 0.3) is 0 Å². The lowest BCUT2D eigenvalue weighted by Crippen LogP contribution is -2.38. The zero-order valence-corrected chi connectivity index (χ0v) is 12.1. The Morgan fingerprint density at radius 1 is 1.40 bits per heavy atom. The maximum absolute atomic E-state index is 11.3. The minimum absolute atomic E-state index is 0.500. The van der Waals surface area contributed by atoms with Gasteiger partial charge in [0.15, 0.2) is 0 Å². The molecule has 1 N–H and O–H groups in total. The molecule has 3 heteroatoms. The van der Waals surface area contributed by atoms with Crippen LogP contribution in [0.15, 0.2) is 18.2 Å². The van der Waals surface area contributed by atoms with Gasteiger partial charge in [0.2, 0.25) is 0 Å². The summed E-state index contributed by atoms with van der Waals surface area (Å²) >= 11 is 0. The monoisotopic (exact) mass is 273 g/mol. The van der Waals surface area contributed by atoms with Crippen molar-refractivity contribution in [2.75, 3.05) is 6.54 Å². The van der Waals surface area contributed by atoms with Gasteiger partial charge in [-0.15, -0.1) is 0 Å². The third-order valence-electron chi connectivity index (χ3n) is 5.13. The fourth-order valence-electron chi connectivity index (χ4n) is 3.89. The van der Waals surface area contributed by atoms with Crippen molar-refractivity contribution in [1.29, 1.82) is 0 Å². The van der Waals surface area contributed by atoms with E-state index in [0.29, 0.717) is 11.6 Å². The van der Waals surface area contributed by atoms with E-state index >= 15 is 0 Å². The number of aromatic carboxylic acids is 1. The summed E-state index contributed by atoms with van der Waals surface area (Å²) in [4.78, 5) is 13.9.